The topological polar surface area (TPSA) is 55.1 Å². The molecule has 0 aromatic heterocycles. The Morgan fingerprint density at radius 2 is 1.89 bits per heavy atom. The minimum absolute atomic E-state index is 0.00804. The zero-order valence-electron chi connectivity index (χ0n) is 12.7. The quantitative estimate of drug-likeness (QED) is 0.857. The van der Waals surface area contributed by atoms with Crippen molar-refractivity contribution < 1.29 is 4.79 Å². The van der Waals surface area contributed by atoms with Gasteiger partial charge in [-0.1, -0.05) is 37.6 Å². The van der Waals surface area contributed by atoms with Gasteiger partial charge in [0.25, 0.3) is 0 Å². The van der Waals surface area contributed by atoms with E-state index in [4.69, 9.17) is 5.73 Å². The molecule has 3 heteroatoms. The highest BCUT2D eigenvalue weighted by Crippen LogP contribution is 2.18. The van der Waals surface area contributed by atoms with Crippen LogP contribution in [-0.2, 0) is 4.79 Å². The summed E-state index contributed by atoms with van der Waals surface area (Å²) in [5.74, 6) is 0.360. The predicted molar refractivity (Wildman–Crippen MR) is 79.9 cm³/mol. The van der Waals surface area contributed by atoms with Crippen LogP contribution in [0.5, 0.6) is 0 Å². The third-order valence-electron chi connectivity index (χ3n) is 3.31. The largest absolute Gasteiger partial charge is 0.348 e. The summed E-state index contributed by atoms with van der Waals surface area (Å²) in [6, 6.07) is 5.84. The summed E-state index contributed by atoms with van der Waals surface area (Å²) < 4.78 is 0. The summed E-state index contributed by atoms with van der Waals surface area (Å²) in [5.41, 5.74) is 9.48. The van der Waals surface area contributed by atoms with E-state index in [2.05, 4.69) is 51.2 Å². The summed E-state index contributed by atoms with van der Waals surface area (Å²) in [7, 11) is 0. The maximum absolute atomic E-state index is 12.0. The minimum atomic E-state index is -0.423. The van der Waals surface area contributed by atoms with Gasteiger partial charge in [0.1, 0.15) is 0 Å². The van der Waals surface area contributed by atoms with E-state index in [1.807, 2.05) is 6.92 Å². The van der Waals surface area contributed by atoms with E-state index in [1.54, 1.807) is 0 Å². The molecule has 3 N–H and O–H groups in total. The molecular weight excluding hydrogens is 236 g/mol. The number of nitrogens with two attached hydrogens (primary N) is 1. The highest BCUT2D eigenvalue weighted by molar-refractivity contribution is 5.81. The van der Waals surface area contributed by atoms with Gasteiger partial charge in [-0.05, 0) is 44.2 Å². The lowest BCUT2D eigenvalue weighted by Gasteiger charge is -2.20. The van der Waals surface area contributed by atoms with Crippen molar-refractivity contribution in [2.75, 3.05) is 0 Å². The fraction of sp³-hybridized carbons (Fsp3) is 0.562. The number of hydrogen-bond donors (Lipinski definition) is 2. The van der Waals surface area contributed by atoms with E-state index in [0.29, 0.717) is 12.3 Å². The molecule has 1 aromatic rings. The fourth-order valence-corrected chi connectivity index (χ4v) is 2.32. The Bertz CT molecular complexity index is 440. The molecule has 0 saturated carbocycles. The maximum Gasteiger partial charge on any atom is 0.237 e. The summed E-state index contributed by atoms with van der Waals surface area (Å²) in [5, 5.41) is 3.00. The Balaban J connectivity index is 2.68. The van der Waals surface area contributed by atoms with Crippen molar-refractivity contribution in [1.29, 1.82) is 0 Å². The van der Waals surface area contributed by atoms with Crippen molar-refractivity contribution in [1.82, 2.24) is 5.32 Å². The zero-order valence-corrected chi connectivity index (χ0v) is 12.7. The number of carbonyl (C=O) groups excluding carboxylic acids is 1. The van der Waals surface area contributed by atoms with E-state index < -0.39 is 6.04 Å². The van der Waals surface area contributed by atoms with Crippen LogP contribution in [0.15, 0.2) is 18.2 Å². The van der Waals surface area contributed by atoms with E-state index in [-0.39, 0.29) is 11.9 Å². The van der Waals surface area contributed by atoms with Gasteiger partial charge in [0.2, 0.25) is 5.91 Å². The first-order valence-electron chi connectivity index (χ1n) is 6.94. The summed E-state index contributed by atoms with van der Waals surface area (Å²) in [4.78, 5) is 12.0. The van der Waals surface area contributed by atoms with Crippen molar-refractivity contribution >= 4 is 5.91 Å². The molecule has 3 nitrogen and oxygen atoms in total. The zero-order chi connectivity index (χ0) is 14.6. The molecule has 0 fully saturated rings. The van der Waals surface area contributed by atoms with E-state index in [0.717, 1.165) is 5.56 Å². The van der Waals surface area contributed by atoms with Crippen LogP contribution in [0.3, 0.4) is 0 Å². The lowest BCUT2D eigenvalue weighted by atomic mass is 9.99. The summed E-state index contributed by atoms with van der Waals surface area (Å²) in [6.45, 7) is 10.3. The molecule has 0 heterocycles. The fourth-order valence-electron chi connectivity index (χ4n) is 2.32. The van der Waals surface area contributed by atoms with Crippen LogP contribution in [0, 0.1) is 19.8 Å². The number of carbonyl (C=O) groups is 1. The molecule has 106 valence electrons. The molecule has 1 aromatic carbocycles. The number of amides is 1. The monoisotopic (exact) mass is 262 g/mol. The standard InChI is InChI=1S/C16H26N2O/c1-10(2)8-15(17)16(19)18-13(5)14-7-6-11(3)9-12(14)4/h6-7,9-10,13,15H,8,17H2,1-5H3,(H,18,19). The number of aryl methyl sites for hydroxylation is 2. The molecule has 0 spiro atoms. The Morgan fingerprint density at radius 1 is 1.26 bits per heavy atom. The molecule has 0 aliphatic heterocycles. The van der Waals surface area contributed by atoms with Crippen molar-refractivity contribution in [3.8, 4) is 0 Å². The normalized spacial score (nSPS) is 14.3. The lowest BCUT2D eigenvalue weighted by molar-refractivity contribution is -0.123. The molecule has 0 bridgehead atoms. The van der Waals surface area contributed by atoms with Gasteiger partial charge in [-0.15, -0.1) is 0 Å². The first-order chi connectivity index (χ1) is 8.81. The minimum Gasteiger partial charge on any atom is -0.348 e. The smallest absolute Gasteiger partial charge is 0.237 e. The van der Waals surface area contributed by atoms with Gasteiger partial charge in [0, 0.05) is 0 Å². The third kappa shape index (κ3) is 4.67. The van der Waals surface area contributed by atoms with E-state index in [1.165, 1.54) is 11.1 Å². The molecule has 0 aliphatic rings. The number of nitrogens with one attached hydrogen (secondary N) is 1. The van der Waals surface area contributed by atoms with E-state index >= 15 is 0 Å². The molecule has 1 amide bonds. The average Bonchev–Trinajstić information content (AvgIpc) is 2.27. The Labute approximate surface area is 116 Å². The van der Waals surface area contributed by atoms with Gasteiger partial charge in [0.15, 0.2) is 0 Å². The molecule has 0 saturated heterocycles. The van der Waals surface area contributed by atoms with Crippen molar-refractivity contribution in [2.45, 2.75) is 53.1 Å². The third-order valence-corrected chi connectivity index (χ3v) is 3.31. The summed E-state index contributed by atoms with van der Waals surface area (Å²) >= 11 is 0. The first kappa shape index (κ1) is 15.7. The molecular formula is C16H26N2O. The Kier molecular flexibility index (Phi) is 5.55. The molecule has 2 unspecified atom stereocenters. The molecule has 0 radical (unpaired) electrons. The lowest BCUT2D eigenvalue weighted by Crippen LogP contribution is -2.42. The highest BCUT2D eigenvalue weighted by atomic mass is 16.2. The van der Waals surface area contributed by atoms with Gasteiger partial charge in [-0.3, -0.25) is 4.79 Å². The number of benzene rings is 1. The maximum atomic E-state index is 12.0. The van der Waals surface area contributed by atoms with Crippen LogP contribution >= 0.6 is 0 Å². The van der Waals surface area contributed by atoms with E-state index in [9.17, 15) is 4.79 Å². The number of hydrogen-bond acceptors (Lipinski definition) is 2. The van der Waals surface area contributed by atoms with Gasteiger partial charge in [0.05, 0.1) is 12.1 Å². The number of rotatable bonds is 5. The van der Waals surface area contributed by atoms with Gasteiger partial charge >= 0.3 is 0 Å². The average molecular weight is 262 g/mol. The van der Waals surface area contributed by atoms with Gasteiger partial charge in [-0.2, -0.15) is 0 Å². The molecule has 0 aliphatic carbocycles. The second-order valence-corrected chi connectivity index (χ2v) is 5.83. The van der Waals surface area contributed by atoms with Crippen LogP contribution in [0.4, 0.5) is 0 Å². The van der Waals surface area contributed by atoms with Crippen molar-refractivity contribution in [3.05, 3.63) is 34.9 Å². The SMILES string of the molecule is Cc1ccc(C(C)NC(=O)C(N)CC(C)C)c(C)c1. The van der Waals surface area contributed by atoms with Gasteiger partial charge in [-0.25, -0.2) is 0 Å². The van der Waals surface area contributed by atoms with Crippen molar-refractivity contribution in [2.24, 2.45) is 11.7 Å². The molecule has 2 atom stereocenters. The van der Waals surface area contributed by atoms with Crippen molar-refractivity contribution in [3.63, 3.8) is 0 Å². The molecule has 1 rings (SSSR count). The molecule has 19 heavy (non-hydrogen) atoms. The van der Waals surface area contributed by atoms with Crippen LogP contribution in [0.2, 0.25) is 0 Å². The Hall–Kier alpha value is -1.35. The first-order valence-corrected chi connectivity index (χ1v) is 6.94. The van der Waals surface area contributed by atoms with Gasteiger partial charge < -0.3 is 11.1 Å². The van der Waals surface area contributed by atoms with Crippen LogP contribution in [0.25, 0.3) is 0 Å². The van der Waals surface area contributed by atoms with Crippen LogP contribution in [0.1, 0.15) is 49.9 Å². The Morgan fingerprint density at radius 3 is 2.42 bits per heavy atom. The van der Waals surface area contributed by atoms with Crippen LogP contribution in [-0.4, -0.2) is 11.9 Å². The van der Waals surface area contributed by atoms with Crippen LogP contribution < -0.4 is 11.1 Å². The second kappa shape index (κ2) is 6.71. The second-order valence-electron chi connectivity index (χ2n) is 5.83. The summed E-state index contributed by atoms with van der Waals surface area (Å²) in [6.07, 6.45) is 0.714. The predicted octanol–water partition coefficient (Wildman–Crippen LogP) is 2.85. The highest BCUT2D eigenvalue weighted by Gasteiger charge is 2.18.